The number of nitrogens with two attached hydrogens (primary N) is 1. The number of benzene rings is 1. The highest BCUT2D eigenvalue weighted by molar-refractivity contribution is 9.10. The van der Waals surface area contributed by atoms with Crippen LogP contribution in [0.4, 0.5) is 0 Å². The SMILES string of the molecule is NC(=O)/C=C\c1ccc(Br)cc1. The van der Waals surface area contributed by atoms with E-state index in [1.54, 1.807) is 6.08 Å². The molecule has 0 saturated carbocycles. The van der Waals surface area contributed by atoms with E-state index in [9.17, 15) is 4.79 Å². The molecule has 0 aliphatic rings. The van der Waals surface area contributed by atoms with Crippen LogP contribution in [0.1, 0.15) is 5.56 Å². The summed E-state index contributed by atoms with van der Waals surface area (Å²) in [6, 6.07) is 7.59. The summed E-state index contributed by atoms with van der Waals surface area (Å²) in [6.45, 7) is 0. The number of rotatable bonds is 2. The first-order valence-electron chi connectivity index (χ1n) is 3.41. The minimum atomic E-state index is -0.432. The van der Waals surface area contributed by atoms with Crippen LogP contribution in [-0.4, -0.2) is 5.91 Å². The number of carbonyl (C=O) groups is 1. The summed E-state index contributed by atoms with van der Waals surface area (Å²) in [6.07, 6.45) is 3.01. The van der Waals surface area contributed by atoms with Gasteiger partial charge in [-0.05, 0) is 23.8 Å². The van der Waals surface area contributed by atoms with Crippen molar-refractivity contribution in [2.24, 2.45) is 5.73 Å². The molecule has 0 spiro atoms. The van der Waals surface area contributed by atoms with Crippen molar-refractivity contribution in [1.82, 2.24) is 0 Å². The van der Waals surface area contributed by atoms with E-state index in [-0.39, 0.29) is 0 Å². The topological polar surface area (TPSA) is 43.1 Å². The van der Waals surface area contributed by atoms with Gasteiger partial charge in [0, 0.05) is 10.5 Å². The number of carbonyl (C=O) groups excluding carboxylic acids is 1. The third kappa shape index (κ3) is 2.88. The summed E-state index contributed by atoms with van der Waals surface area (Å²) in [7, 11) is 0. The molecule has 0 heterocycles. The number of primary amides is 1. The molecule has 1 amide bonds. The second kappa shape index (κ2) is 4.07. The molecule has 0 aliphatic carbocycles. The Labute approximate surface area is 79.2 Å². The molecule has 62 valence electrons. The van der Waals surface area contributed by atoms with E-state index < -0.39 is 5.91 Å². The van der Waals surface area contributed by atoms with E-state index in [0.29, 0.717) is 0 Å². The number of amides is 1. The van der Waals surface area contributed by atoms with Gasteiger partial charge >= 0.3 is 0 Å². The van der Waals surface area contributed by atoms with Gasteiger partial charge in [-0.2, -0.15) is 0 Å². The lowest BCUT2D eigenvalue weighted by molar-refractivity contribution is -0.113. The van der Waals surface area contributed by atoms with Crippen LogP contribution in [0.25, 0.3) is 6.08 Å². The van der Waals surface area contributed by atoms with Crippen molar-refractivity contribution in [2.75, 3.05) is 0 Å². The highest BCUT2D eigenvalue weighted by Crippen LogP contribution is 2.11. The second-order valence-electron chi connectivity index (χ2n) is 2.29. The molecule has 0 fully saturated rings. The fraction of sp³-hybridized carbons (Fsp3) is 0. The predicted octanol–water partition coefficient (Wildman–Crippen LogP) is 1.95. The van der Waals surface area contributed by atoms with Gasteiger partial charge in [0.15, 0.2) is 0 Å². The zero-order chi connectivity index (χ0) is 8.97. The largest absolute Gasteiger partial charge is 0.366 e. The monoisotopic (exact) mass is 225 g/mol. The third-order valence-corrected chi connectivity index (χ3v) is 1.84. The van der Waals surface area contributed by atoms with Crippen molar-refractivity contribution in [3.8, 4) is 0 Å². The molecule has 2 nitrogen and oxygen atoms in total. The van der Waals surface area contributed by atoms with E-state index in [4.69, 9.17) is 5.73 Å². The number of hydrogen-bond acceptors (Lipinski definition) is 1. The summed E-state index contributed by atoms with van der Waals surface area (Å²) < 4.78 is 1.01. The number of halogens is 1. The zero-order valence-corrected chi connectivity index (χ0v) is 7.91. The Morgan fingerprint density at radius 2 is 1.92 bits per heavy atom. The first-order valence-corrected chi connectivity index (χ1v) is 4.21. The Hall–Kier alpha value is -1.09. The zero-order valence-electron chi connectivity index (χ0n) is 6.33. The van der Waals surface area contributed by atoms with Gasteiger partial charge in [0.1, 0.15) is 0 Å². The summed E-state index contributed by atoms with van der Waals surface area (Å²) in [5.74, 6) is -0.432. The first kappa shape index (κ1) is 9.00. The molecule has 1 rings (SSSR count). The molecule has 0 radical (unpaired) electrons. The summed E-state index contributed by atoms with van der Waals surface area (Å²) in [5.41, 5.74) is 5.89. The molecular weight excluding hydrogens is 218 g/mol. The minimum Gasteiger partial charge on any atom is -0.366 e. The van der Waals surface area contributed by atoms with Crippen LogP contribution in [0, 0.1) is 0 Å². The van der Waals surface area contributed by atoms with Crippen molar-refractivity contribution < 1.29 is 4.79 Å². The Kier molecular flexibility index (Phi) is 3.05. The minimum absolute atomic E-state index is 0.432. The fourth-order valence-electron chi connectivity index (χ4n) is 0.752. The Bertz CT molecular complexity index is 303. The van der Waals surface area contributed by atoms with Crippen LogP contribution in [0.3, 0.4) is 0 Å². The van der Waals surface area contributed by atoms with Crippen LogP contribution < -0.4 is 5.73 Å². The first-order chi connectivity index (χ1) is 5.68. The van der Waals surface area contributed by atoms with Gasteiger partial charge in [-0.1, -0.05) is 28.1 Å². The van der Waals surface area contributed by atoms with E-state index in [2.05, 4.69) is 15.9 Å². The standard InChI is InChI=1S/C9H8BrNO/c10-8-4-1-7(2-5-8)3-6-9(11)12/h1-6H,(H2,11,12)/b6-3-. The molecule has 0 aromatic heterocycles. The average molecular weight is 226 g/mol. The molecule has 1 aromatic carbocycles. The van der Waals surface area contributed by atoms with Crippen molar-refractivity contribution in [1.29, 1.82) is 0 Å². The Balaban J connectivity index is 2.77. The number of hydrogen-bond donors (Lipinski definition) is 1. The smallest absolute Gasteiger partial charge is 0.241 e. The van der Waals surface area contributed by atoms with Crippen molar-refractivity contribution in [2.45, 2.75) is 0 Å². The molecule has 0 unspecified atom stereocenters. The van der Waals surface area contributed by atoms with E-state index in [1.807, 2.05) is 24.3 Å². The van der Waals surface area contributed by atoms with Gasteiger partial charge in [-0.15, -0.1) is 0 Å². The third-order valence-electron chi connectivity index (χ3n) is 1.31. The van der Waals surface area contributed by atoms with Gasteiger partial charge in [0.25, 0.3) is 0 Å². The molecule has 3 heteroatoms. The molecule has 0 saturated heterocycles. The second-order valence-corrected chi connectivity index (χ2v) is 3.20. The molecule has 0 bridgehead atoms. The lowest BCUT2D eigenvalue weighted by Crippen LogP contribution is -2.04. The van der Waals surface area contributed by atoms with Crippen molar-refractivity contribution in [3.05, 3.63) is 40.4 Å². The maximum atomic E-state index is 10.4. The molecule has 1 aromatic rings. The van der Waals surface area contributed by atoms with E-state index in [0.717, 1.165) is 10.0 Å². The van der Waals surface area contributed by atoms with Gasteiger partial charge in [-0.3, -0.25) is 4.79 Å². The fourth-order valence-corrected chi connectivity index (χ4v) is 1.02. The van der Waals surface area contributed by atoms with Gasteiger partial charge in [0.05, 0.1) is 0 Å². The molecule has 0 atom stereocenters. The molecular formula is C9H8BrNO. The van der Waals surface area contributed by atoms with Crippen molar-refractivity contribution in [3.63, 3.8) is 0 Å². The van der Waals surface area contributed by atoms with Crippen LogP contribution in [-0.2, 0) is 4.79 Å². The molecule has 0 aliphatic heterocycles. The van der Waals surface area contributed by atoms with Gasteiger partial charge < -0.3 is 5.73 Å². The summed E-state index contributed by atoms with van der Waals surface area (Å²) >= 11 is 3.31. The normalized spacial score (nSPS) is 10.4. The van der Waals surface area contributed by atoms with Gasteiger partial charge in [0.2, 0.25) is 5.91 Å². The maximum absolute atomic E-state index is 10.4. The van der Waals surface area contributed by atoms with E-state index in [1.165, 1.54) is 6.08 Å². The van der Waals surface area contributed by atoms with Crippen LogP contribution in [0.15, 0.2) is 34.8 Å². The average Bonchev–Trinajstić information content (AvgIpc) is 2.03. The van der Waals surface area contributed by atoms with Crippen LogP contribution in [0.2, 0.25) is 0 Å². The van der Waals surface area contributed by atoms with E-state index >= 15 is 0 Å². The predicted molar refractivity (Wildman–Crippen MR) is 52.4 cm³/mol. The quantitative estimate of drug-likeness (QED) is 0.769. The Morgan fingerprint density at radius 3 is 2.42 bits per heavy atom. The van der Waals surface area contributed by atoms with Gasteiger partial charge in [-0.25, -0.2) is 0 Å². The lowest BCUT2D eigenvalue weighted by Gasteiger charge is -1.91. The summed E-state index contributed by atoms with van der Waals surface area (Å²) in [4.78, 5) is 10.4. The lowest BCUT2D eigenvalue weighted by atomic mass is 10.2. The summed E-state index contributed by atoms with van der Waals surface area (Å²) in [5, 5.41) is 0. The van der Waals surface area contributed by atoms with Crippen LogP contribution >= 0.6 is 15.9 Å². The molecule has 12 heavy (non-hydrogen) atoms. The highest BCUT2D eigenvalue weighted by atomic mass is 79.9. The van der Waals surface area contributed by atoms with Crippen LogP contribution in [0.5, 0.6) is 0 Å². The highest BCUT2D eigenvalue weighted by Gasteiger charge is 1.87. The maximum Gasteiger partial charge on any atom is 0.241 e. The van der Waals surface area contributed by atoms with Crippen molar-refractivity contribution >= 4 is 27.9 Å². The Morgan fingerprint density at radius 1 is 1.33 bits per heavy atom. The molecule has 2 N–H and O–H groups in total.